The highest BCUT2D eigenvalue weighted by Gasteiger charge is 2.43. The van der Waals surface area contributed by atoms with Crippen LogP contribution in [0.25, 0.3) is 0 Å². The van der Waals surface area contributed by atoms with Crippen molar-refractivity contribution in [3.8, 4) is 5.75 Å². The number of amides is 5. The average molecular weight is 823 g/mol. The Hall–Kier alpha value is -3.80. The monoisotopic (exact) mass is 822 g/mol. The first-order valence-electron chi connectivity index (χ1n) is 20.2. The van der Waals surface area contributed by atoms with Crippen LogP contribution in [0.4, 0.5) is 4.79 Å². The quantitative estimate of drug-likeness (QED) is 0.133. The number of methoxy groups -OCH3 is 2. The van der Waals surface area contributed by atoms with Crippen LogP contribution in [0.15, 0.2) is 24.3 Å². The minimum atomic E-state index is -3.93. The molecule has 1 aromatic rings. The fraction of sp³-hybridized carbons (Fsp3) is 0.725. The number of hydrogen-bond donors (Lipinski definition) is 4. The molecule has 1 unspecified atom stereocenters. The predicted molar refractivity (Wildman–Crippen MR) is 215 cm³/mol. The second kappa shape index (κ2) is 21.8. The molecule has 57 heavy (non-hydrogen) atoms. The van der Waals surface area contributed by atoms with Crippen molar-refractivity contribution in [2.75, 3.05) is 34.4 Å². The van der Waals surface area contributed by atoms with E-state index in [1.165, 1.54) is 14.2 Å². The largest absolute Gasteiger partial charge is 0.412 e. The molecule has 1 aliphatic heterocycles. The van der Waals surface area contributed by atoms with Gasteiger partial charge in [-0.1, -0.05) is 60.1 Å². The van der Waals surface area contributed by atoms with E-state index in [0.29, 0.717) is 44.3 Å². The Morgan fingerprint density at radius 2 is 1.61 bits per heavy atom. The molecular weight excluding hydrogens is 757 g/mol. The van der Waals surface area contributed by atoms with Gasteiger partial charge < -0.3 is 40.4 Å². The van der Waals surface area contributed by atoms with Gasteiger partial charge >= 0.3 is 6.09 Å². The Kier molecular flexibility index (Phi) is 18.2. The van der Waals surface area contributed by atoms with E-state index < -0.39 is 75.5 Å². The van der Waals surface area contributed by atoms with E-state index in [2.05, 4.69) is 15.4 Å². The normalized spacial score (nSPS) is 19.4. The molecule has 5 amide bonds. The third-order valence-electron chi connectivity index (χ3n) is 11.2. The van der Waals surface area contributed by atoms with Crippen LogP contribution in [-0.4, -0.2) is 124 Å². The van der Waals surface area contributed by atoms with Gasteiger partial charge in [0.1, 0.15) is 11.8 Å². The third-order valence-corrected chi connectivity index (χ3v) is 13.0. The molecule has 17 heteroatoms. The number of carbonyl (C=O) groups excluding carboxylic acids is 5. The summed E-state index contributed by atoms with van der Waals surface area (Å²) in [7, 11) is 0.762. The van der Waals surface area contributed by atoms with Gasteiger partial charge in [0.15, 0.2) is 0 Å². The van der Waals surface area contributed by atoms with Crippen LogP contribution in [0.1, 0.15) is 92.1 Å². The number of likely N-dealkylation sites (tertiary alicyclic amines) is 1. The lowest BCUT2D eigenvalue weighted by Gasteiger charge is -2.40. The van der Waals surface area contributed by atoms with Gasteiger partial charge in [0.2, 0.25) is 27.7 Å². The SMILES string of the molecule is CCCNC(=O)Oc1ccc(C[C@H](NC(=O)[C@H](C)[C@@H](OC)[C@@H]2CCCN2C(=O)CC(OC)[C@H]([C@@H](C)CC)N(C)C(=O)[C@@H](N)C(C)C)C(=O)NS(=O)(=O)C2CC2)cc1. The standard InChI is InChI=1S/C40H66N6O10S/c1-10-20-42-40(51)56-28-16-14-27(15-17-28)22-30(38(49)44-57(52,53)29-18-19-29)43-37(48)26(6)36(55-9)31-13-12-21-46(31)33(47)23-32(54-8)35(25(5)11-2)45(7)39(50)34(41)24(3)4/h14-17,24-26,29-32,34-36H,10-13,18-23,41H2,1-9H3,(H,42,51)(H,43,48)(H,44,49)/t25-,26+,30-,31-,32?,34-,35-,36+/m0/s1. The number of nitrogens with one attached hydrogen (secondary N) is 3. The summed E-state index contributed by atoms with van der Waals surface area (Å²) in [5, 5.41) is 4.71. The maximum atomic E-state index is 14.1. The van der Waals surface area contributed by atoms with Crippen LogP contribution >= 0.6 is 0 Å². The molecule has 1 heterocycles. The highest BCUT2D eigenvalue weighted by molar-refractivity contribution is 7.90. The van der Waals surface area contributed by atoms with Crippen molar-refractivity contribution in [3.63, 3.8) is 0 Å². The fourth-order valence-corrected chi connectivity index (χ4v) is 8.66. The molecule has 0 aromatic heterocycles. The first kappa shape index (κ1) is 47.6. The van der Waals surface area contributed by atoms with Crippen LogP contribution in [0.3, 0.4) is 0 Å². The minimum absolute atomic E-state index is 0.00592. The van der Waals surface area contributed by atoms with Gasteiger partial charge in [0, 0.05) is 40.8 Å². The Balaban J connectivity index is 1.79. The van der Waals surface area contributed by atoms with E-state index in [4.69, 9.17) is 19.9 Å². The summed E-state index contributed by atoms with van der Waals surface area (Å²) < 4.78 is 44.8. The summed E-state index contributed by atoms with van der Waals surface area (Å²) >= 11 is 0. The zero-order valence-electron chi connectivity index (χ0n) is 35.1. The van der Waals surface area contributed by atoms with E-state index in [1.54, 1.807) is 48.0 Å². The second-order valence-electron chi connectivity index (χ2n) is 15.8. The van der Waals surface area contributed by atoms with Crippen LogP contribution in [0.2, 0.25) is 0 Å². The molecule has 322 valence electrons. The fourth-order valence-electron chi connectivity index (χ4n) is 7.31. The molecule has 8 atom stereocenters. The van der Waals surface area contributed by atoms with Crippen LogP contribution in [0, 0.1) is 17.8 Å². The first-order valence-corrected chi connectivity index (χ1v) is 21.7. The molecule has 2 aliphatic rings. The van der Waals surface area contributed by atoms with Crippen molar-refractivity contribution in [1.82, 2.24) is 25.2 Å². The molecule has 1 saturated heterocycles. The van der Waals surface area contributed by atoms with Gasteiger partial charge in [0.25, 0.3) is 5.91 Å². The molecule has 5 N–H and O–H groups in total. The minimum Gasteiger partial charge on any atom is -0.410 e. The van der Waals surface area contributed by atoms with E-state index in [9.17, 15) is 32.4 Å². The number of benzene rings is 1. The number of nitrogens with two attached hydrogens (primary N) is 1. The highest BCUT2D eigenvalue weighted by atomic mass is 32.2. The van der Waals surface area contributed by atoms with Gasteiger partial charge in [0.05, 0.1) is 47.9 Å². The second-order valence-corrected chi connectivity index (χ2v) is 17.8. The molecule has 3 rings (SSSR count). The topological polar surface area (TPSA) is 216 Å². The van der Waals surface area contributed by atoms with Crippen molar-refractivity contribution in [2.24, 2.45) is 23.5 Å². The highest BCUT2D eigenvalue weighted by Crippen LogP contribution is 2.30. The molecule has 1 saturated carbocycles. The van der Waals surface area contributed by atoms with Crippen molar-refractivity contribution >= 4 is 39.7 Å². The lowest BCUT2D eigenvalue weighted by molar-refractivity contribution is -0.146. The molecule has 16 nitrogen and oxygen atoms in total. The summed E-state index contributed by atoms with van der Waals surface area (Å²) in [4.78, 5) is 70.2. The van der Waals surface area contributed by atoms with Gasteiger partial charge in [-0.25, -0.2) is 13.2 Å². The summed E-state index contributed by atoms with van der Waals surface area (Å²) in [5.41, 5.74) is 6.82. The lowest BCUT2D eigenvalue weighted by Crippen LogP contribution is -2.56. The van der Waals surface area contributed by atoms with Gasteiger partial charge in [-0.15, -0.1) is 0 Å². The predicted octanol–water partition coefficient (Wildman–Crippen LogP) is 2.72. The van der Waals surface area contributed by atoms with Crippen molar-refractivity contribution in [1.29, 1.82) is 0 Å². The summed E-state index contributed by atoms with van der Waals surface area (Å²) in [6, 6.07) is 3.44. The molecule has 2 fully saturated rings. The van der Waals surface area contributed by atoms with Crippen molar-refractivity contribution in [3.05, 3.63) is 29.8 Å². The van der Waals surface area contributed by atoms with E-state index >= 15 is 0 Å². The maximum Gasteiger partial charge on any atom is 0.412 e. The zero-order chi connectivity index (χ0) is 42.6. The van der Waals surface area contributed by atoms with Crippen LogP contribution in [0.5, 0.6) is 5.75 Å². The number of carbonyl (C=O) groups is 5. The number of ether oxygens (including phenoxy) is 3. The third kappa shape index (κ3) is 13.1. The Morgan fingerprint density at radius 1 is 0.965 bits per heavy atom. The molecule has 0 spiro atoms. The Bertz CT molecular complexity index is 1620. The summed E-state index contributed by atoms with van der Waals surface area (Å²) in [6.45, 7) is 12.2. The molecule has 0 bridgehead atoms. The number of hydrogen-bond acceptors (Lipinski definition) is 11. The Labute approximate surface area is 338 Å². The van der Waals surface area contributed by atoms with Crippen LogP contribution < -0.4 is 25.8 Å². The smallest absolute Gasteiger partial charge is 0.410 e. The Morgan fingerprint density at radius 3 is 2.16 bits per heavy atom. The molecule has 1 aromatic carbocycles. The van der Waals surface area contributed by atoms with Gasteiger partial charge in [-0.05, 0) is 61.6 Å². The number of rotatable bonds is 22. The lowest BCUT2D eigenvalue weighted by atomic mass is 9.89. The van der Waals surface area contributed by atoms with Gasteiger partial charge in [-0.2, -0.15) is 0 Å². The molecular formula is C40H66N6O10S. The van der Waals surface area contributed by atoms with E-state index in [0.717, 1.165) is 12.8 Å². The van der Waals surface area contributed by atoms with E-state index in [1.807, 2.05) is 34.6 Å². The first-order chi connectivity index (χ1) is 26.9. The average Bonchev–Trinajstić information content (AvgIpc) is 3.95. The molecule has 0 radical (unpaired) electrons. The van der Waals surface area contributed by atoms with E-state index in [-0.39, 0.29) is 42.2 Å². The summed E-state index contributed by atoms with van der Waals surface area (Å²) in [5.74, 6) is -2.56. The summed E-state index contributed by atoms with van der Waals surface area (Å²) in [6.07, 6.45) is 1.51. The zero-order valence-corrected chi connectivity index (χ0v) is 35.9. The van der Waals surface area contributed by atoms with Crippen molar-refractivity contribution < 1.29 is 46.6 Å². The number of likely N-dealkylation sites (N-methyl/N-ethyl adjacent to an activating group) is 1. The molecule has 1 aliphatic carbocycles. The van der Waals surface area contributed by atoms with Gasteiger partial charge in [-0.3, -0.25) is 23.9 Å². The number of nitrogens with zero attached hydrogens (tertiary/aromatic N) is 2. The maximum absolute atomic E-state index is 14.1. The van der Waals surface area contributed by atoms with Crippen LogP contribution in [-0.2, 0) is 45.1 Å². The van der Waals surface area contributed by atoms with Crippen molar-refractivity contribution in [2.45, 2.75) is 135 Å². The number of sulfonamides is 1.